The first-order chi connectivity index (χ1) is 12.2. The molecule has 2 atom stereocenters. The van der Waals surface area contributed by atoms with E-state index in [1.165, 1.54) is 6.07 Å². The minimum Gasteiger partial charge on any atom is -0.387 e. The van der Waals surface area contributed by atoms with E-state index in [0.717, 1.165) is 39.1 Å². The van der Waals surface area contributed by atoms with Gasteiger partial charge in [-0.2, -0.15) is 5.10 Å². The number of aliphatic hydroxyl groups excluding tert-OH is 1. The average molecular weight is 346 g/mol. The third-order valence-electron chi connectivity index (χ3n) is 5.04. The summed E-state index contributed by atoms with van der Waals surface area (Å²) in [7, 11) is 0. The van der Waals surface area contributed by atoms with Crippen molar-refractivity contribution in [1.82, 2.24) is 19.6 Å². The van der Waals surface area contributed by atoms with Crippen LogP contribution in [0, 0.1) is 5.82 Å². The van der Waals surface area contributed by atoms with E-state index in [1.807, 2.05) is 16.9 Å². The molecule has 0 saturated carbocycles. The van der Waals surface area contributed by atoms with Gasteiger partial charge in [-0.3, -0.25) is 14.5 Å². The van der Waals surface area contributed by atoms with E-state index in [-0.39, 0.29) is 5.82 Å². The molecule has 1 aromatic carbocycles. The second-order valence-corrected chi connectivity index (χ2v) is 6.66. The van der Waals surface area contributed by atoms with Crippen LogP contribution in [-0.4, -0.2) is 63.5 Å². The predicted molar refractivity (Wildman–Crippen MR) is 95.7 cm³/mol. The normalized spacial score (nSPS) is 20.7. The van der Waals surface area contributed by atoms with Crippen LogP contribution in [0.4, 0.5) is 4.39 Å². The summed E-state index contributed by atoms with van der Waals surface area (Å²) in [6, 6.07) is 8.82. The van der Waals surface area contributed by atoms with Crippen LogP contribution in [-0.2, 0) is 6.54 Å². The zero-order chi connectivity index (χ0) is 17.6. The Morgan fingerprint density at radius 3 is 2.80 bits per heavy atom. The van der Waals surface area contributed by atoms with E-state index >= 15 is 0 Å². The van der Waals surface area contributed by atoms with E-state index in [0.29, 0.717) is 18.2 Å². The lowest BCUT2D eigenvalue weighted by Gasteiger charge is -2.42. The predicted octanol–water partition coefficient (Wildman–Crippen LogP) is 2.15. The largest absolute Gasteiger partial charge is 0.387 e. The molecule has 1 aromatic heterocycles. The van der Waals surface area contributed by atoms with Gasteiger partial charge >= 0.3 is 0 Å². The Balaban J connectivity index is 1.54. The molecule has 0 amide bonds. The minimum atomic E-state index is -0.786. The topological polar surface area (TPSA) is 44.5 Å². The van der Waals surface area contributed by atoms with Gasteiger partial charge in [-0.1, -0.05) is 25.1 Å². The Bertz CT molecular complexity index is 649. The zero-order valence-corrected chi connectivity index (χ0v) is 14.8. The van der Waals surface area contributed by atoms with Crippen molar-refractivity contribution in [2.24, 2.45) is 0 Å². The molecule has 0 bridgehead atoms. The summed E-state index contributed by atoms with van der Waals surface area (Å²) in [5.41, 5.74) is 0.387. The molecule has 1 aliphatic rings. The zero-order valence-electron chi connectivity index (χ0n) is 14.8. The molecule has 2 heterocycles. The number of rotatable bonds is 7. The van der Waals surface area contributed by atoms with Gasteiger partial charge in [0.05, 0.1) is 12.6 Å². The van der Waals surface area contributed by atoms with Gasteiger partial charge in [-0.15, -0.1) is 0 Å². The van der Waals surface area contributed by atoms with Crippen LogP contribution in [0.3, 0.4) is 0 Å². The number of benzene rings is 1. The smallest absolute Gasteiger partial charge is 0.129 e. The van der Waals surface area contributed by atoms with Gasteiger partial charge in [0, 0.05) is 56.7 Å². The lowest BCUT2D eigenvalue weighted by Crippen LogP contribution is -2.54. The minimum absolute atomic E-state index is 0.332. The average Bonchev–Trinajstić information content (AvgIpc) is 3.14. The number of piperazine rings is 1. The van der Waals surface area contributed by atoms with Gasteiger partial charge in [0.25, 0.3) is 0 Å². The molecule has 25 heavy (non-hydrogen) atoms. The van der Waals surface area contributed by atoms with Crippen LogP contribution < -0.4 is 0 Å². The Hall–Kier alpha value is -1.76. The summed E-state index contributed by atoms with van der Waals surface area (Å²) in [5.74, 6) is -0.332. The highest BCUT2D eigenvalue weighted by molar-refractivity contribution is 5.20. The van der Waals surface area contributed by atoms with E-state index in [1.54, 1.807) is 24.4 Å². The van der Waals surface area contributed by atoms with Crippen molar-refractivity contribution in [3.63, 3.8) is 0 Å². The molecule has 2 aromatic rings. The van der Waals surface area contributed by atoms with Gasteiger partial charge in [-0.05, 0) is 18.6 Å². The van der Waals surface area contributed by atoms with E-state index in [9.17, 15) is 9.50 Å². The maximum Gasteiger partial charge on any atom is 0.129 e. The molecule has 3 rings (SSSR count). The molecule has 0 aliphatic carbocycles. The second-order valence-electron chi connectivity index (χ2n) is 6.66. The van der Waals surface area contributed by atoms with Crippen molar-refractivity contribution < 1.29 is 9.50 Å². The molecule has 1 aliphatic heterocycles. The van der Waals surface area contributed by atoms with Crippen LogP contribution in [0.1, 0.15) is 25.0 Å². The fourth-order valence-electron chi connectivity index (χ4n) is 3.53. The van der Waals surface area contributed by atoms with Crippen molar-refractivity contribution >= 4 is 0 Å². The Morgan fingerprint density at radius 2 is 2.08 bits per heavy atom. The molecular formula is C19H27FN4O. The van der Waals surface area contributed by atoms with E-state index < -0.39 is 6.10 Å². The SMILES string of the molecule is CC[C@H]1CN(CCn2cccn2)CCN1C[C@@H](O)c1ccccc1F. The first kappa shape index (κ1) is 18.0. The number of aliphatic hydroxyl groups is 1. The Labute approximate surface area is 148 Å². The number of nitrogens with zero attached hydrogens (tertiary/aromatic N) is 4. The van der Waals surface area contributed by atoms with Crippen molar-refractivity contribution in [2.75, 3.05) is 32.7 Å². The molecule has 0 spiro atoms. The van der Waals surface area contributed by atoms with Crippen LogP contribution in [0.25, 0.3) is 0 Å². The molecule has 0 radical (unpaired) electrons. The van der Waals surface area contributed by atoms with E-state index in [4.69, 9.17) is 0 Å². The number of hydrogen-bond donors (Lipinski definition) is 1. The molecule has 5 nitrogen and oxygen atoms in total. The van der Waals surface area contributed by atoms with Gasteiger partial charge in [0.2, 0.25) is 0 Å². The highest BCUT2D eigenvalue weighted by atomic mass is 19.1. The Kier molecular flexibility index (Phi) is 6.18. The van der Waals surface area contributed by atoms with Gasteiger partial charge in [-0.25, -0.2) is 4.39 Å². The molecule has 1 saturated heterocycles. The number of aromatic nitrogens is 2. The first-order valence-electron chi connectivity index (χ1n) is 9.03. The molecular weight excluding hydrogens is 319 g/mol. The molecule has 0 unspecified atom stereocenters. The van der Waals surface area contributed by atoms with Crippen molar-refractivity contribution in [2.45, 2.75) is 32.0 Å². The molecule has 1 N–H and O–H groups in total. The van der Waals surface area contributed by atoms with Gasteiger partial charge in [0.1, 0.15) is 5.82 Å². The molecule has 136 valence electrons. The van der Waals surface area contributed by atoms with Crippen LogP contribution in [0.15, 0.2) is 42.7 Å². The number of halogens is 1. The highest BCUT2D eigenvalue weighted by Crippen LogP contribution is 2.21. The summed E-state index contributed by atoms with van der Waals surface area (Å²) in [6.45, 7) is 7.34. The lowest BCUT2D eigenvalue weighted by atomic mass is 10.0. The monoisotopic (exact) mass is 346 g/mol. The number of β-amino-alcohol motifs (C(OH)–C–C–N with tert-alkyl or cyclic N) is 1. The van der Waals surface area contributed by atoms with Crippen LogP contribution in [0.2, 0.25) is 0 Å². The van der Waals surface area contributed by atoms with Crippen LogP contribution >= 0.6 is 0 Å². The summed E-state index contributed by atoms with van der Waals surface area (Å²) >= 11 is 0. The Morgan fingerprint density at radius 1 is 1.24 bits per heavy atom. The third-order valence-corrected chi connectivity index (χ3v) is 5.04. The van der Waals surface area contributed by atoms with Crippen molar-refractivity contribution in [3.05, 3.63) is 54.1 Å². The fraction of sp³-hybridized carbons (Fsp3) is 0.526. The summed E-state index contributed by atoms with van der Waals surface area (Å²) < 4.78 is 15.8. The van der Waals surface area contributed by atoms with E-state index in [2.05, 4.69) is 21.8 Å². The first-order valence-corrected chi connectivity index (χ1v) is 9.03. The van der Waals surface area contributed by atoms with Crippen molar-refractivity contribution in [1.29, 1.82) is 0 Å². The highest BCUT2D eigenvalue weighted by Gasteiger charge is 2.28. The van der Waals surface area contributed by atoms with Crippen LogP contribution in [0.5, 0.6) is 0 Å². The quantitative estimate of drug-likeness (QED) is 0.834. The van der Waals surface area contributed by atoms with Gasteiger partial charge in [0.15, 0.2) is 0 Å². The summed E-state index contributed by atoms with van der Waals surface area (Å²) in [6.07, 6.45) is 4.02. The van der Waals surface area contributed by atoms with Crippen molar-refractivity contribution in [3.8, 4) is 0 Å². The maximum atomic E-state index is 13.9. The number of hydrogen-bond acceptors (Lipinski definition) is 4. The molecule has 1 fully saturated rings. The summed E-state index contributed by atoms with van der Waals surface area (Å²) in [4.78, 5) is 4.74. The maximum absolute atomic E-state index is 13.9. The second kappa shape index (κ2) is 8.56. The summed E-state index contributed by atoms with van der Waals surface area (Å²) in [5, 5.41) is 14.7. The fourth-order valence-corrected chi connectivity index (χ4v) is 3.53. The third kappa shape index (κ3) is 4.66. The van der Waals surface area contributed by atoms with Gasteiger partial charge < -0.3 is 5.11 Å². The lowest BCUT2D eigenvalue weighted by molar-refractivity contribution is 0.0285. The molecule has 6 heteroatoms. The standard InChI is InChI=1S/C19H27FN4O/c1-2-16-14-22(11-13-24-9-5-8-21-24)10-12-23(16)15-19(25)17-6-3-4-7-18(17)20/h3-9,16,19,25H,2,10-15H2,1H3/t16-,19+/m0/s1.